The van der Waals surface area contributed by atoms with Gasteiger partial charge < -0.3 is 24.3 Å². The number of likely N-dealkylation sites (tertiary alicyclic amines) is 1. The lowest BCUT2D eigenvalue weighted by Gasteiger charge is -2.33. The highest BCUT2D eigenvalue weighted by Gasteiger charge is 2.34. The lowest BCUT2D eigenvalue weighted by molar-refractivity contribution is -0.147. The summed E-state index contributed by atoms with van der Waals surface area (Å²) in [5, 5.41) is 2.87. The molecule has 4 rings (SSSR count). The number of hydrogen-bond acceptors (Lipinski definition) is 6. The smallest absolute Gasteiger partial charge is 0.328 e. The zero-order chi connectivity index (χ0) is 24.8. The van der Waals surface area contributed by atoms with Gasteiger partial charge in [0.15, 0.2) is 0 Å². The number of piperidine rings is 1. The maximum Gasteiger partial charge on any atom is 0.328 e. The van der Waals surface area contributed by atoms with Crippen LogP contribution in [0.15, 0.2) is 48.8 Å². The number of esters is 1. The van der Waals surface area contributed by atoms with Crippen molar-refractivity contribution in [3.63, 3.8) is 0 Å². The molecule has 1 aromatic heterocycles. The summed E-state index contributed by atoms with van der Waals surface area (Å²) in [5.74, 6) is -1.04. The van der Waals surface area contributed by atoms with Crippen molar-refractivity contribution in [2.45, 2.75) is 38.3 Å². The summed E-state index contributed by atoms with van der Waals surface area (Å²) >= 11 is 0. The molecule has 9 heteroatoms. The first-order chi connectivity index (χ1) is 17.0. The molecule has 1 N–H and O–H groups in total. The molecule has 35 heavy (non-hydrogen) atoms. The van der Waals surface area contributed by atoms with Crippen molar-refractivity contribution < 1.29 is 23.9 Å². The monoisotopic (exact) mass is 478 g/mol. The molecule has 184 valence electrons. The predicted octanol–water partition coefficient (Wildman–Crippen LogP) is 3.03. The van der Waals surface area contributed by atoms with Crippen LogP contribution in [-0.4, -0.2) is 65.6 Å². The number of amides is 2. The largest absolute Gasteiger partial charge is 0.467 e. The van der Waals surface area contributed by atoms with Gasteiger partial charge >= 0.3 is 5.97 Å². The topological polar surface area (TPSA) is 103 Å². The third kappa shape index (κ3) is 5.51. The summed E-state index contributed by atoms with van der Waals surface area (Å²) in [5.41, 5.74) is 3.33. The number of methoxy groups -OCH3 is 2. The molecule has 1 aliphatic heterocycles. The van der Waals surface area contributed by atoms with E-state index in [-0.39, 0.29) is 18.4 Å². The van der Waals surface area contributed by atoms with Gasteiger partial charge in [0.1, 0.15) is 12.6 Å². The Morgan fingerprint density at radius 3 is 2.66 bits per heavy atom. The molecule has 0 aliphatic carbocycles. The Labute approximate surface area is 204 Å². The van der Waals surface area contributed by atoms with Gasteiger partial charge in [-0.2, -0.15) is 0 Å². The Hall–Kier alpha value is -3.72. The zero-order valence-electron chi connectivity index (χ0n) is 20.0. The minimum absolute atomic E-state index is 0.117. The molecule has 1 unspecified atom stereocenters. The molecule has 3 aromatic rings. The minimum atomic E-state index is -0.619. The van der Waals surface area contributed by atoms with E-state index >= 15 is 0 Å². The number of imidazole rings is 1. The summed E-state index contributed by atoms with van der Waals surface area (Å²) in [7, 11) is 2.78. The number of rotatable bonds is 8. The maximum atomic E-state index is 13.5. The minimum Gasteiger partial charge on any atom is -0.467 e. The third-order valence-electron chi connectivity index (χ3n) is 6.23. The second kappa shape index (κ2) is 11.1. The van der Waals surface area contributed by atoms with E-state index in [1.165, 1.54) is 19.8 Å². The lowest BCUT2D eigenvalue weighted by Crippen LogP contribution is -2.48. The highest BCUT2D eigenvalue weighted by atomic mass is 16.5. The maximum absolute atomic E-state index is 13.5. The lowest BCUT2D eigenvalue weighted by atomic mass is 10.0. The Balaban J connectivity index is 1.69. The van der Waals surface area contributed by atoms with Crippen LogP contribution in [0, 0.1) is 0 Å². The van der Waals surface area contributed by atoms with Gasteiger partial charge in [-0.05, 0) is 43.4 Å². The summed E-state index contributed by atoms with van der Waals surface area (Å²) in [4.78, 5) is 44.3. The SMILES string of the molecule is COCC(=O)Nc1cc(C(=O)N2CCCCC2C(=O)OC)cc2ncn(CCc3ccccc3)c12. The van der Waals surface area contributed by atoms with E-state index in [1.54, 1.807) is 23.4 Å². The first kappa shape index (κ1) is 24.4. The molecule has 0 saturated carbocycles. The first-order valence-corrected chi connectivity index (χ1v) is 11.7. The van der Waals surface area contributed by atoms with Gasteiger partial charge in [0, 0.05) is 25.8 Å². The van der Waals surface area contributed by atoms with Crippen LogP contribution in [0.5, 0.6) is 0 Å². The molecule has 0 spiro atoms. The van der Waals surface area contributed by atoms with Crippen molar-refractivity contribution >= 4 is 34.5 Å². The molecular weight excluding hydrogens is 448 g/mol. The van der Waals surface area contributed by atoms with E-state index in [0.29, 0.717) is 36.3 Å². The number of benzene rings is 2. The van der Waals surface area contributed by atoms with E-state index in [0.717, 1.165) is 24.8 Å². The first-order valence-electron chi connectivity index (χ1n) is 11.7. The molecule has 0 radical (unpaired) electrons. The molecule has 1 aliphatic rings. The van der Waals surface area contributed by atoms with Crippen molar-refractivity contribution in [3.8, 4) is 0 Å². The van der Waals surface area contributed by atoms with Crippen molar-refractivity contribution in [1.29, 1.82) is 0 Å². The number of nitrogens with one attached hydrogen (secondary N) is 1. The van der Waals surface area contributed by atoms with Crippen molar-refractivity contribution in [3.05, 3.63) is 59.9 Å². The van der Waals surface area contributed by atoms with Crippen LogP contribution in [0.1, 0.15) is 35.2 Å². The molecule has 0 bridgehead atoms. The van der Waals surface area contributed by atoms with E-state index in [4.69, 9.17) is 9.47 Å². The number of aryl methyl sites for hydroxylation is 2. The van der Waals surface area contributed by atoms with Crippen LogP contribution in [-0.2, 0) is 32.0 Å². The van der Waals surface area contributed by atoms with Crippen molar-refractivity contribution in [1.82, 2.24) is 14.5 Å². The molecule has 1 fully saturated rings. The number of anilines is 1. The second-order valence-corrected chi connectivity index (χ2v) is 8.58. The highest BCUT2D eigenvalue weighted by Crippen LogP contribution is 2.28. The number of carbonyl (C=O) groups excluding carboxylic acids is 3. The van der Waals surface area contributed by atoms with Crippen LogP contribution in [0.2, 0.25) is 0 Å². The van der Waals surface area contributed by atoms with E-state index in [1.807, 2.05) is 22.8 Å². The van der Waals surface area contributed by atoms with Gasteiger partial charge in [0.05, 0.1) is 30.2 Å². The average Bonchev–Trinajstić information content (AvgIpc) is 3.30. The van der Waals surface area contributed by atoms with Gasteiger partial charge in [-0.25, -0.2) is 9.78 Å². The van der Waals surface area contributed by atoms with Gasteiger partial charge in [-0.1, -0.05) is 30.3 Å². The zero-order valence-corrected chi connectivity index (χ0v) is 20.0. The Bertz CT molecular complexity index is 1210. The van der Waals surface area contributed by atoms with Gasteiger partial charge in [0.25, 0.3) is 5.91 Å². The molecule has 1 saturated heterocycles. The quantitative estimate of drug-likeness (QED) is 0.499. The van der Waals surface area contributed by atoms with Gasteiger partial charge in [-0.15, -0.1) is 0 Å². The number of hydrogen-bond donors (Lipinski definition) is 1. The fourth-order valence-electron chi connectivity index (χ4n) is 4.53. The summed E-state index contributed by atoms with van der Waals surface area (Å²) in [6.45, 7) is 0.999. The second-order valence-electron chi connectivity index (χ2n) is 8.58. The van der Waals surface area contributed by atoms with Crippen LogP contribution in [0.4, 0.5) is 5.69 Å². The average molecular weight is 479 g/mol. The Kier molecular flexibility index (Phi) is 7.77. The Morgan fingerprint density at radius 1 is 1.11 bits per heavy atom. The van der Waals surface area contributed by atoms with Crippen LogP contribution in [0.25, 0.3) is 11.0 Å². The van der Waals surface area contributed by atoms with Gasteiger partial charge in [-0.3, -0.25) is 9.59 Å². The number of carbonyl (C=O) groups is 3. The van der Waals surface area contributed by atoms with Crippen LogP contribution >= 0.6 is 0 Å². The molecule has 2 aromatic carbocycles. The van der Waals surface area contributed by atoms with E-state index in [2.05, 4.69) is 22.4 Å². The van der Waals surface area contributed by atoms with Crippen LogP contribution in [0.3, 0.4) is 0 Å². The van der Waals surface area contributed by atoms with Crippen molar-refractivity contribution in [2.75, 3.05) is 32.7 Å². The fraction of sp³-hybridized carbons (Fsp3) is 0.385. The van der Waals surface area contributed by atoms with Crippen LogP contribution < -0.4 is 5.32 Å². The number of nitrogens with zero attached hydrogens (tertiary/aromatic N) is 3. The molecule has 9 nitrogen and oxygen atoms in total. The number of fused-ring (bicyclic) bond motifs is 1. The predicted molar refractivity (Wildman–Crippen MR) is 131 cm³/mol. The van der Waals surface area contributed by atoms with Gasteiger partial charge in [0.2, 0.25) is 5.91 Å². The summed E-state index contributed by atoms with van der Waals surface area (Å²) in [6, 6.07) is 12.8. The number of ether oxygens (including phenoxy) is 2. The summed E-state index contributed by atoms with van der Waals surface area (Å²) < 4.78 is 11.9. The third-order valence-corrected chi connectivity index (χ3v) is 6.23. The standard InChI is InChI=1S/C26H30N4O5/c1-34-16-23(31)28-21-15-19(25(32)30-12-7-6-10-22(30)26(33)35-2)14-20-24(21)29(17-27-20)13-11-18-8-4-3-5-9-18/h3-5,8-9,14-15,17,22H,6-7,10-13,16H2,1-2H3,(H,28,31). The van der Waals surface area contributed by atoms with E-state index in [9.17, 15) is 14.4 Å². The summed E-state index contributed by atoms with van der Waals surface area (Å²) in [6.07, 6.45) is 4.73. The Morgan fingerprint density at radius 2 is 1.91 bits per heavy atom. The van der Waals surface area contributed by atoms with E-state index < -0.39 is 12.0 Å². The highest BCUT2D eigenvalue weighted by molar-refractivity contribution is 6.06. The molecule has 2 amide bonds. The molecular formula is C26H30N4O5. The van der Waals surface area contributed by atoms with Crippen molar-refractivity contribution in [2.24, 2.45) is 0 Å². The number of aromatic nitrogens is 2. The molecule has 2 heterocycles. The fourth-order valence-corrected chi connectivity index (χ4v) is 4.53. The molecule has 1 atom stereocenters. The normalized spacial score (nSPS) is 15.7.